The van der Waals surface area contributed by atoms with Gasteiger partial charge in [-0.3, -0.25) is 4.79 Å². The van der Waals surface area contributed by atoms with Crippen LogP contribution in [0.1, 0.15) is 26.7 Å². The first-order valence-corrected chi connectivity index (χ1v) is 8.45. The molecule has 0 bridgehead atoms. The van der Waals surface area contributed by atoms with Crippen molar-refractivity contribution in [1.82, 2.24) is 15.1 Å². The third kappa shape index (κ3) is 3.44. The number of carbonyl (C=O) groups is 2. The maximum atomic E-state index is 12.5. The van der Waals surface area contributed by atoms with E-state index in [1.54, 1.807) is 4.90 Å². The summed E-state index contributed by atoms with van der Waals surface area (Å²) in [6, 6.07) is -0.414. The van der Waals surface area contributed by atoms with E-state index < -0.39 is 6.04 Å². The van der Waals surface area contributed by atoms with Gasteiger partial charge in [0.15, 0.2) is 5.11 Å². The largest absolute Gasteiger partial charge is 0.467 e. The van der Waals surface area contributed by atoms with Crippen molar-refractivity contribution in [3.05, 3.63) is 0 Å². The Bertz CT molecular complexity index is 507. The third-order valence-corrected chi connectivity index (χ3v) is 5.73. The molecule has 7 heteroatoms. The van der Waals surface area contributed by atoms with Crippen molar-refractivity contribution in [2.24, 2.45) is 17.3 Å². The highest BCUT2D eigenvalue weighted by Crippen LogP contribution is 2.65. The number of methoxy groups -OCH3 is 1. The summed E-state index contributed by atoms with van der Waals surface area (Å²) in [5.74, 6) is 0.387. The molecule has 6 nitrogen and oxygen atoms in total. The average molecular weight is 341 g/mol. The van der Waals surface area contributed by atoms with Crippen molar-refractivity contribution < 1.29 is 14.3 Å². The van der Waals surface area contributed by atoms with E-state index >= 15 is 0 Å². The molecule has 2 rings (SSSR count). The second-order valence-corrected chi connectivity index (χ2v) is 7.58. The van der Waals surface area contributed by atoms with E-state index in [1.165, 1.54) is 7.11 Å². The van der Waals surface area contributed by atoms with Gasteiger partial charge in [-0.05, 0) is 30.0 Å². The summed E-state index contributed by atoms with van der Waals surface area (Å²) in [7, 11) is 5.14. The Balaban J connectivity index is 1.85. The van der Waals surface area contributed by atoms with Crippen molar-refractivity contribution in [1.29, 1.82) is 0 Å². The predicted molar refractivity (Wildman–Crippen MR) is 91.8 cm³/mol. The topological polar surface area (TPSA) is 61.9 Å². The molecule has 0 radical (unpaired) electrons. The number of esters is 1. The minimum Gasteiger partial charge on any atom is -0.467 e. The van der Waals surface area contributed by atoms with Gasteiger partial charge in [-0.15, -0.1) is 0 Å². The quantitative estimate of drug-likeness (QED) is 0.455. The summed E-state index contributed by atoms with van der Waals surface area (Å²) < 4.78 is 4.92. The molecule has 0 unspecified atom stereocenters. The summed E-state index contributed by atoms with van der Waals surface area (Å²) in [5.41, 5.74) is 0.134. The molecule has 3 atom stereocenters. The number of thiocarbonyl (C=S) groups is 1. The van der Waals surface area contributed by atoms with Gasteiger partial charge in [0, 0.05) is 39.5 Å². The number of ether oxygens (including phenoxy) is 1. The lowest BCUT2D eigenvalue weighted by atomic mass is 10.0. The Hall–Kier alpha value is -1.37. The van der Waals surface area contributed by atoms with Gasteiger partial charge in [0.1, 0.15) is 6.04 Å². The van der Waals surface area contributed by atoms with Gasteiger partial charge in [0.2, 0.25) is 5.91 Å². The number of piperidine rings is 1. The molecule has 2 aliphatic rings. The van der Waals surface area contributed by atoms with E-state index in [0.29, 0.717) is 37.0 Å². The van der Waals surface area contributed by atoms with Crippen LogP contribution in [0.4, 0.5) is 0 Å². The van der Waals surface area contributed by atoms with Crippen LogP contribution in [0.3, 0.4) is 0 Å². The molecule has 23 heavy (non-hydrogen) atoms. The highest BCUT2D eigenvalue weighted by molar-refractivity contribution is 7.80. The van der Waals surface area contributed by atoms with Gasteiger partial charge in [0.25, 0.3) is 0 Å². The van der Waals surface area contributed by atoms with E-state index in [0.717, 1.165) is 0 Å². The second kappa shape index (κ2) is 6.63. The zero-order valence-electron chi connectivity index (χ0n) is 14.6. The summed E-state index contributed by atoms with van der Waals surface area (Å²) in [5, 5.41) is 3.76. The number of hydrogen-bond donors (Lipinski definition) is 1. The first-order valence-electron chi connectivity index (χ1n) is 8.04. The minimum atomic E-state index is -0.414. The van der Waals surface area contributed by atoms with Crippen LogP contribution < -0.4 is 5.32 Å². The first-order chi connectivity index (χ1) is 10.7. The van der Waals surface area contributed by atoms with Crippen LogP contribution in [0.5, 0.6) is 0 Å². The lowest BCUT2D eigenvalue weighted by Gasteiger charge is -2.29. The number of amides is 1. The summed E-state index contributed by atoms with van der Waals surface area (Å²) >= 11 is 5.14. The van der Waals surface area contributed by atoms with Crippen molar-refractivity contribution in [2.45, 2.75) is 32.7 Å². The molecule has 1 N–H and O–H groups in total. The Morgan fingerprint density at radius 2 is 2.04 bits per heavy atom. The normalized spacial score (nSPS) is 27.2. The van der Waals surface area contributed by atoms with Gasteiger partial charge < -0.3 is 19.9 Å². The molecule has 1 aliphatic heterocycles. The highest BCUT2D eigenvalue weighted by atomic mass is 32.1. The molecular weight excluding hydrogens is 314 g/mol. The van der Waals surface area contributed by atoms with Gasteiger partial charge in [-0.2, -0.15) is 0 Å². The van der Waals surface area contributed by atoms with Crippen LogP contribution in [0.2, 0.25) is 0 Å². The number of rotatable bonds is 5. The number of hydrogen-bond acceptors (Lipinski definition) is 4. The fourth-order valence-electron chi connectivity index (χ4n) is 3.67. The van der Waals surface area contributed by atoms with Crippen LogP contribution in [0, 0.1) is 17.3 Å². The summed E-state index contributed by atoms with van der Waals surface area (Å²) in [4.78, 5) is 28.1. The van der Waals surface area contributed by atoms with Crippen molar-refractivity contribution in [2.75, 3.05) is 34.3 Å². The van der Waals surface area contributed by atoms with Crippen LogP contribution in [0.25, 0.3) is 0 Å². The molecule has 0 aromatic carbocycles. The molecule has 0 aromatic heterocycles. The lowest BCUT2D eigenvalue weighted by Crippen LogP contribution is -2.46. The average Bonchev–Trinajstić information content (AvgIpc) is 2.88. The summed E-state index contributed by atoms with van der Waals surface area (Å²) in [6.07, 6.45) is 1.10. The molecule has 1 saturated heterocycles. The molecule has 0 aromatic rings. The Labute approximate surface area is 143 Å². The van der Waals surface area contributed by atoms with Gasteiger partial charge in [-0.1, -0.05) is 13.8 Å². The Morgan fingerprint density at radius 3 is 2.61 bits per heavy atom. The fraction of sp³-hybridized carbons (Fsp3) is 0.812. The summed E-state index contributed by atoms with van der Waals surface area (Å²) in [6.45, 7) is 5.63. The van der Waals surface area contributed by atoms with E-state index in [4.69, 9.17) is 17.0 Å². The first kappa shape index (κ1) is 18.0. The van der Waals surface area contributed by atoms with Gasteiger partial charge in [0.05, 0.1) is 7.11 Å². The molecule has 1 amide bonds. The van der Waals surface area contributed by atoms with Crippen LogP contribution >= 0.6 is 12.2 Å². The third-order valence-electron chi connectivity index (χ3n) is 5.22. The zero-order valence-corrected chi connectivity index (χ0v) is 15.4. The maximum Gasteiger partial charge on any atom is 0.328 e. The number of fused-ring (bicyclic) bond motifs is 1. The number of nitrogens with zero attached hydrogens (tertiary/aromatic N) is 2. The van der Waals surface area contributed by atoms with Gasteiger partial charge in [-0.25, -0.2) is 4.79 Å². The molecule has 0 spiro atoms. The smallest absolute Gasteiger partial charge is 0.328 e. The van der Waals surface area contributed by atoms with Crippen LogP contribution in [-0.4, -0.2) is 67.1 Å². The minimum absolute atomic E-state index is 0.0287. The highest BCUT2D eigenvalue weighted by Gasteiger charge is 2.69. The SMILES string of the molecule is COC(=O)[C@@H]1[C@@H]2[C@H](CN1C(=O)CCCNC(=S)N(C)C)C2(C)C. The van der Waals surface area contributed by atoms with Crippen molar-refractivity contribution in [3.63, 3.8) is 0 Å². The van der Waals surface area contributed by atoms with E-state index in [2.05, 4.69) is 19.2 Å². The van der Waals surface area contributed by atoms with Crippen molar-refractivity contribution in [3.8, 4) is 0 Å². The Morgan fingerprint density at radius 1 is 1.39 bits per heavy atom. The number of carbonyl (C=O) groups excluding carboxylic acids is 2. The van der Waals surface area contributed by atoms with Crippen molar-refractivity contribution >= 4 is 29.2 Å². The lowest BCUT2D eigenvalue weighted by molar-refractivity contribution is -0.153. The number of nitrogens with one attached hydrogen (secondary N) is 1. The molecule has 130 valence electrons. The fourth-order valence-corrected chi connectivity index (χ4v) is 3.77. The molecular formula is C16H27N3O3S. The molecule has 1 aliphatic carbocycles. The molecule has 2 fully saturated rings. The van der Waals surface area contributed by atoms with Gasteiger partial charge >= 0.3 is 5.97 Å². The van der Waals surface area contributed by atoms with Crippen LogP contribution in [-0.2, 0) is 14.3 Å². The molecule has 1 heterocycles. The predicted octanol–water partition coefficient (Wildman–Crippen LogP) is 0.859. The standard InChI is InChI=1S/C16H27N3O3S/c1-16(2)10-9-19(13(12(10)16)14(21)22-5)11(20)7-6-8-17-15(23)18(3)4/h10,12-13H,6-9H2,1-5H3,(H,17,23)/t10-,12-,13-/m0/s1. The second-order valence-electron chi connectivity index (χ2n) is 7.20. The van der Waals surface area contributed by atoms with E-state index in [9.17, 15) is 9.59 Å². The molecule has 1 saturated carbocycles. The zero-order chi connectivity index (χ0) is 17.4. The number of likely N-dealkylation sites (tertiary alicyclic amines) is 1. The van der Waals surface area contributed by atoms with E-state index in [-0.39, 0.29) is 23.2 Å². The Kier molecular flexibility index (Phi) is 5.18. The monoisotopic (exact) mass is 341 g/mol. The van der Waals surface area contributed by atoms with Crippen LogP contribution in [0.15, 0.2) is 0 Å². The maximum absolute atomic E-state index is 12.5. The van der Waals surface area contributed by atoms with E-state index in [1.807, 2.05) is 19.0 Å².